The molecule has 2 fully saturated rings. The molecule has 0 spiro atoms. The molecule has 0 atom stereocenters. The van der Waals surface area contributed by atoms with Crippen molar-refractivity contribution in [1.29, 1.82) is 0 Å². The van der Waals surface area contributed by atoms with Crippen molar-refractivity contribution in [1.82, 2.24) is 10.2 Å². The number of benzene rings is 3. The first kappa shape index (κ1) is 25.0. The molecule has 192 valence electrons. The summed E-state index contributed by atoms with van der Waals surface area (Å²) in [4.78, 5) is 17.5. The number of carbonyl (C=O) groups excluding carboxylic acids is 1. The standard InChI is InChI=1S/C29H27Cl3FN3O/c1-29(9-10-29)35-11-7-17(8-12-35)18-13-21(20-6-5-19(33)15-25(20)32)22-16-34-28(37)36(26(22)14-18)27-23(30)3-2-4-24(27)31/h2-6,13-15,17H,7-12,16H2,1H3,(H,34,37). The third kappa shape index (κ3) is 4.50. The average Bonchev–Trinajstić information content (AvgIpc) is 3.63. The minimum atomic E-state index is -0.391. The quantitative estimate of drug-likeness (QED) is 0.348. The van der Waals surface area contributed by atoms with E-state index < -0.39 is 5.82 Å². The molecule has 1 N–H and O–H groups in total. The second-order valence-electron chi connectivity index (χ2n) is 10.5. The van der Waals surface area contributed by atoms with E-state index in [0.717, 1.165) is 53.9 Å². The maximum absolute atomic E-state index is 14.0. The number of fused-ring (bicyclic) bond motifs is 1. The van der Waals surface area contributed by atoms with Crippen molar-refractivity contribution in [2.45, 2.75) is 50.6 Å². The van der Waals surface area contributed by atoms with Crippen LogP contribution in [0.25, 0.3) is 11.1 Å². The Kier molecular flexibility index (Phi) is 6.39. The van der Waals surface area contributed by atoms with Gasteiger partial charge in [-0.15, -0.1) is 0 Å². The summed E-state index contributed by atoms with van der Waals surface area (Å²) in [6.45, 7) is 4.76. The molecule has 0 bridgehead atoms. The summed E-state index contributed by atoms with van der Waals surface area (Å²) in [5.74, 6) is -0.0621. The maximum Gasteiger partial charge on any atom is 0.326 e. The Hall–Kier alpha value is -2.31. The van der Waals surface area contributed by atoms with Crippen LogP contribution in [0.15, 0.2) is 48.5 Å². The average molecular weight is 559 g/mol. The predicted molar refractivity (Wildman–Crippen MR) is 149 cm³/mol. The van der Waals surface area contributed by atoms with Gasteiger partial charge < -0.3 is 5.32 Å². The Labute approximate surface area is 231 Å². The summed E-state index contributed by atoms with van der Waals surface area (Å²) in [6.07, 6.45) is 4.60. The zero-order valence-corrected chi connectivity index (χ0v) is 22.7. The molecule has 0 radical (unpaired) electrons. The fraction of sp³-hybridized carbons (Fsp3) is 0.345. The van der Waals surface area contributed by atoms with E-state index in [1.54, 1.807) is 29.2 Å². The smallest absolute Gasteiger partial charge is 0.326 e. The first-order valence-corrected chi connectivity index (χ1v) is 13.8. The summed E-state index contributed by atoms with van der Waals surface area (Å²) in [7, 11) is 0. The molecule has 1 saturated carbocycles. The van der Waals surface area contributed by atoms with E-state index >= 15 is 0 Å². The molecule has 6 rings (SSSR count). The highest BCUT2D eigenvalue weighted by molar-refractivity contribution is 6.40. The highest BCUT2D eigenvalue weighted by atomic mass is 35.5. The minimum absolute atomic E-state index is 0.299. The molecular weight excluding hydrogens is 532 g/mol. The molecule has 1 saturated heterocycles. The van der Waals surface area contributed by atoms with Gasteiger partial charge in [0, 0.05) is 23.2 Å². The van der Waals surface area contributed by atoms with E-state index in [-0.39, 0.29) is 6.03 Å². The molecule has 3 aliphatic rings. The number of amides is 2. The van der Waals surface area contributed by atoms with Gasteiger partial charge in [-0.2, -0.15) is 0 Å². The van der Waals surface area contributed by atoms with Gasteiger partial charge in [-0.3, -0.25) is 9.80 Å². The second kappa shape index (κ2) is 9.46. The zero-order valence-electron chi connectivity index (χ0n) is 20.5. The molecule has 2 amide bonds. The number of anilines is 2. The Morgan fingerprint density at radius 3 is 2.30 bits per heavy atom. The summed E-state index contributed by atoms with van der Waals surface area (Å²) in [5, 5.41) is 4.05. The van der Waals surface area contributed by atoms with Crippen LogP contribution < -0.4 is 10.2 Å². The molecule has 0 aromatic heterocycles. The summed E-state index contributed by atoms with van der Waals surface area (Å²) in [5.41, 5.74) is 5.15. The lowest BCUT2D eigenvalue weighted by molar-refractivity contribution is 0.146. The number of rotatable bonds is 4. The van der Waals surface area contributed by atoms with Gasteiger partial charge in [0.1, 0.15) is 5.82 Å². The molecule has 4 nitrogen and oxygen atoms in total. The summed E-state index contributed by atoms with van der Waals surface area (Å²) >= 11 is 19.7. The third-order valence-electron chi connectivity index (χ3n) is 8.19. The number of piperidine rings is 1. The van der Waals surface area contributed by atoms with Crippen LogP contribution in [0.3, 0.4) is 0 Å². The summed E-state index contributed by atoms with van der Waals surface area (Å²) in [6, 6.07) is 13.6. The van der Waals surface area contributed by atoms with Crippen LogP contribution in [0.4, 0.5) is 20.6 Å². The van der Waals surface area contributed by atoms with Crippen LogP contribution in [0.5, 0.6) is 0 Å². The molecule has 8 heteroatoms. The highest BCUT2D eigenvalue weighted by Gasteiger charge is 2.44. The number of urea groups is 1. The van der Waals surface area contributed by atoms with E-state index in [9.17, 15) is 9.18 Å². The highest BCUT2D eigenvalue weighted by Crippen LogP contribution is 2.48. The van der Waals surface area contributed by atoms with Gasteiger partial charge >= 0.3 is 6.03 Å². The topological polar surface area (TPSA) is 35.6 Å². The van der Waals surface area contributed by atoms with Crippen molar-refractivity contribution in [3.05, 3.63) is 80.5 Å². The van der Waals surface area contributed by atoms with E-state index in [2.05, 4.69) is 29.3 Å². The monoisotopic (exact) mass is 557 g/mol. The van der Waals surface area contributed by atoms with Crippen molar-refractivity contribution < 1.29 is 9.18 Å². The number of hydrogen-bond acceptors (Lipinski definition) is 2. The van der Waals surface area contributed by atoms with E-state index in [1.165, 1.54) is 25.0 Å². The minimum Gasteiger partial charge on any atom is -0.333 e. The van der Waals surface area contributed by atoms with E-state index in [4.69, 9.17) is 34.8 Å². The molecule has 37 heavy (non-hydrogen) atoms. The number of para-hydroxylation sites is 1. The number of halogens is 4. The number of hydrogen-bond donors (Lipinski definition) is 1. The third-order valence-corrected chi connectivity index (χ3v) is 9.12. The lowest BCUT2D eigenvalue weighted by Crippen LogP contribution is -2.42. The van der Waals surface area contributed by atoms with Gasteiger partial charge in [0.05, 0.1) is 26.4 Å². The Morgan fingerprint density at radius 1 is 0.946 bits per heavy atom. The molecule has 3 aromatic rings. The molecular formula is C29H27Cl3FN3O. The number of nitrogens with one attached hydrogen (secondary N) is 1. The molecule has 1 aliphatic carbocycles. The number of nitrogens with zero attached hydrogens (tertiary/aromatic N) is 2. The van der Waals surface area contributed by atoms with E-state index in [0.29, 0.717) is 38.8 Å². The van der Waals surface area contributed by atoms with Crippen molar-refractivity contribution in [2.75, 3.05) is 18.0 Å². The SMILES string of the molecule is CC1(N2CCC(c3cc(-c4ccc(F)cc4Cl)c4c(c3)N(c3c(Cl)cccc3Cl)C(=O)NC4)CC2)CC1. The largest absolute Gasteiger partial charge is 0.333 e. The van der Waals surface area contributed by atoms with Gasteiger partial charge in [0.25, 0.3) is 0 Å². The fourth-order valence-electron chi connectivity index (χ4n) is 5.77. The van der Waals surface area contributed by atoms with Crippen LogP contribution in [-0.4, -0.2) is 29.6 Å². The van der Waals surface area contributed by atoms with Crippen LogP contribution in [-0.2, 0) is 6.54 Å². The van der Waals surface area contributed by atoms with Crippen LogP contribution in [0, 0.1) is 5.82 Å². The second-order valence-corrected chi connectivity index (χ2v) is 11.7. The van der Waals surface area contributed by atoms with Gasteiger partial charge in [-0.25, -0.2) is 9.18 Å². The van der Waals surface area contributed by atoms with Crippen LogP contribution in [0.2, 0.25) is 15.1 Å². The first-order chi connectivity index (χ1) is 17.7. The van der Waals surface area contributed by atoms with E-state index in [1.807, 2.05) is 0 Å². The van der Waals surface area contributed by atoms with Gasteiger partial charge in [0.15, 0.2) is 0 Å². The zero-order chi connectivity index (χ0) is 25.9. The Balaban J connectivity index is 1.50. The molecule has 2 heterocycles. The van der Waals surface area contributed by atoms with Crippen molar-refractivity contribution in [3.8, 4) is 11.1 Å². The van der Waals surface area contributed by atoms with Gasteiger partial charge in [0.2, 0.25) is 0 Å². The maximum atomic E-state index is 14.0. The molecule has 3 aromatic carbocycles. The Morgan fingerprint density at radius 2 is 1.65 bits per heavy atom. The van der Waals surface area contributed by atoms with Crippen LogP contribution >= 0.6 is 34.8 Å². The normalized spacial score (nSPS) is 19.5. The van der Waals surface area contributed by atoms with Crippen LogP contribution in [0.1, 0.15) is 49.7 Å². The number of carbonyl (C=O) groups is 1. The lowest BCUT2D eigenvalue weighted by Gasteiger charge is -2.38. The number of likely N-dealkylation sites (tertiary alicyclic amines) is 1. The van der Waals surface area contributed by atoms with Crippen molar-refractivity contribution >= 4 is 52.2 Å². The van der Waals surface area contributed by atoms with Gasteiger partial charge in [-0.05, 0) is 99.1 Å². The molecule has 2 aliphatic heterocycles. The fourth-order valence-corrected chi connectivity index (χ4v) is 6.61. The van der Waals surface area contributed by atoms with Crippen molar-refractivity contribution in [2.24, 2.45) is 0 Å². The van der Waals surface area contributed by atoms with Gasteiger partial charge in [-0.1, -0.05) is 46.9 Å². The molecule has 0 unspecified atom stereocenters. The first-order valence-electron chi connectivity index (χ1n) is 12.6. The Bertz CT molecular complexity index is 1380. The lowest BCUT2D eigenvalue weighted by atomic mass is 9.84. The summed E-state index contributed by atoms with van der Waals surface area (Å²) < 4.78 is 14.0. The predicted octanol–water partition coefficient (Wildman–Crippen LogP) is 8.55. The van der Waals surface area contributed by atoms with Crippen molar-refractivity contribution in [3.63, 3.8) is 0 Å².